The topological polar surface area (TPSA) is 29.9 Å². The lowest BCUT2D eigenvalue weighted by Gasteiger charge is -2.24. The molecule has 1 aromatic heterocycles. The molecule has 3 nitrogen and oxygen atoms in total. The first kappa shape index (κ1) is 13.0. The summed E-state index contributed by atoms with van der Waals surface area (Å²) in [6.07, 6.45) is 11.3. The fraction of sp³-hybridized carbons (Fsp3) is 0.769. The Bertz CT molecular complexity index is 331. The second-order valence-electron chi connectivity index (χ2n) is 4.85. The Morgan fingerprint density at radius 1 is 1.59 bits per heavy atom. The highest BCUT2D eigenvalue weighted by Gasteiger charge is 2.18. The van der Waals surface area contributed by atoms with Crippen LogP contribution < -0.4 is 5.32 Å². The minimum absolute atomic E-state index is 0.524. The Morgan fingerprint density at radius 3 is 3.18 bits per heavy atom. The molecule has 0 bridgehead atoms. The number of aromatic nitrogens is 2. The van der Waals surface area contributed by atoms with Crippen LogP contribution in [-0.2, 0) is 6.54 Å². The molecule has 1 N–H and O–H groups in total. The molecule has 1 saturated heterocycles. The SMILES string of the molecule is CSC(C)CCn1cncc1C1CCCCN1. The number of nitrogens with zero attached hydrogens (tertiary/aromatic N) is 2. The number of rotatable bonds is 5. The first-order chi connectivity index (χ1) is 8.31. The highest BCUT2D eigenvalue weighted by atomic mass is 32.2. The molecule has 0 aliphatic carbocycles. The molecule has 1 aromatic rings. The van der Waals surface area contributed by atoms with Gasteiger partial charge in [0, 0.05) is 24.0 Å². The van der Waals surface area contributed by atoms with Crippen molar-refractivity contribution < 1.29 is 0 Å². The Kier molecular flexibility index (Phi) is 4.92. The van der Waals surface area contributed by atoms with Crippen molar-refractivity contribution in [1.82, 2.24) is 14.9 Å². The molecule has 2 unspecified atom stereocenters. The van der Waals surface area contributed by atoms with Gasteiger partial charge in [0.2, 0.25) is 0 Å². The Balaban J connectivity index is 1.95. The number of imidazole rings is 1. The van der Waals surface area contributed by atoms with E-state index in [-0.39, 0.29) is 0 Å². The fourth-order valence-electron chi connectivity index (χ4n) is 2.35. The standard InChI is InChI=1S/C13H23N3S/c1-11(17-2)6-8-16-10-14-9-13(16)12-5-3-4-7-15-12/h9-12,15H,3-8H2,1-2H3. The first-order valence-corrected chi connectivity index (χ1v) is 7.86. The van der Waals surface area contributed by atoms with Gasteiger partial charge in [-0.15, -0.1) is 0 Å². The first-order valence-electron chi connectivity index (χ1n) is 6.57. The molecule has 1 aliphatic rings. The van der Waals surface area contributed by atoms with Gasteiger partial charge in [-0.05, 0) is 32.1 Å². The molecule has 0 aromatic carbocycles. The zero-order chi connectivity index (χ0) is 12.1. The monoisotopic (exact) mass is 253 g/mol. The van der Waals surface area contributed by atoms with Crippen LogP contribution in [0, 0.1) is 0 Å². The number of piperidine rings is 1. The summed E-state index contributed by atoms with van der Waals surface area (Å²) in [5.74, 6) is 0. The molecule has 0 spiro atoms. The summed E-state index contributed by atoms with van der Waals surface area (Å²) in [5.41, 5.74) is 1.37. The molecule has 2 atom stereocenters. The fourth-order valence-corrected chi connectivity index (χ4v) is 2.69. The summed E-state index contributed by atoms with van der Waals surface area (Å²) in [6, 6.07) is 0.524. The van der Waals surface area contributed by atoms with Crippen LogP contribution >= 0.6 is 11.8 Å². The van der Waals surface area contributed by atoms with Crippen LogP contribution in [0.5, 0.6) is 0 Å². The lowest BCUT2D eigenvalue weighted by atomic mass is 10.0. The molecule has 1 aliphatic heterocycles. The second-order valence-corrected chi connectivity index (χ2v) is 6.13. The van der Waals surface area contributed by atoms with E-state index in [9.17, 15) is 0 Å². The Morgan fingerprint density at radius 2 is 2.47 bits per heavy atom. The third-order valence-corrected chi connectivity index (χ3v) is 4.63. The molecule has 2 heterocycles. The summed E-state index contributed by atoms with van der Waals surface area (Å²) < 4.78 is 2.33. The van der Waals surface area contributed by atoms with Crippen molar-refractivity contribution in [3.8, 4) is 0 Å². The number of thioether (sulfide) groups is 1. The Labute approximate surface area is 108 Å². The quantitative estimate of drug-likeness (QED) is 0.875. The second kappa shape index (κ2) is 6.45. The molecule has 1 fully saturated rings. The van der Waals surface area contributed by atoms with Crippen molar-refractivity contribution in [3.63, 3.8) is 0 Å². The van der Waals surface area contributed by atoms with Gasteiger partial charge in [-0.2, -0.15) is 11.8 Å². The van der Waals surface area contributed by atoms with Gasteiger partial charge in [0.05, 0.1) is 12.0 Å². The van der Waals surface area contributed by atoms with Crippen molar-refractivity contribution in [3.05, 3.63) is 18.2 Å². The van der Waals surface area contributed by atoms with Crippen LogP contribution in [-0.4, -0.2) is 27.6 Å². The van der Waals surface area contributed by atoms with E-state index in [0.29, 0.717) is 6.04 Å². The van der Waals surface area contributed by atoms with Gasteiger partial charge in [-0.25, -0.2) is 4.98 Å². The van der Waals surface area contributed by atoms with Crippen molar-refractivity contribution >= 4 is 11.8 Å². The lowest BCUT2D eigenvalue weighted by Crippen LogP contribution is -2.28. The lowest BCUT2D eigenvalue weighted by molar-refractivity contribution is 0.392. The average molecular weight is 253 g/mol. The van der Waals surface area contributed by atoms with E-state index in [2.05, 4.69) is 28.0 Å². The maximum Gasteiger partial charge on any atom is 0.0948 e. The van der Waals surface area contributed by atoms with Gasteiger partial charge < -0.3 is 9.88 Å². The highest BCUT2D eigenvalue weighted by Crippen LogP contribution is 2.23. The number of nitrogens with one attached hydrogen (secondary N) is 1. The molecule has 0 saturated carbocycles. The molecule has 17 heavy (non-hydrogen) atoms. The summed E-state index contributed by atoms with van der Waals surface area (Å²) in [6.45, 7) is 4.53. The van der Waals surface area contributed by atoms with E-state index in [4.69, 9.17) is 0 Å². The summed E-state index contributed by atoms with van der Waals surface area (Å²) in [4.78, 5) is 4.32. The highest BCUT2D eigenvalue weighted by molar-refractivity contribution is 7.99. The third kappa shape index (κ3) is 3.49. The van der Waals surface area contributed by atoms with Gasteiger partial charge in [-0.1, -0.05) is 13.3 Å². The maximum absolute atomic E-state index is 4.32. The number of hydrogen-bond acceptors (Lipinski definition) is 3. The summed E-state index contributed by atoms with van der Waals surface area (Å²) in [5, 5.41) is 4.32. The largest absolute Gasteiger partial charge is 0.333 e. The molecule has 2 rings (SSSR count). The van der Waals surface area contributed by atoms with Crippen LogP contribution in [0.1, 0.15) is 44.3 Å². The van der Waals surface area contributed by atoms with Crippen molar-refractivity contribution in [2.45, 2.75) is 50.4 Å². The smallest absolute Gasteiger partial charge is 0.0948 e. The average Bonchev–Trinajstić information content (AvgIpc) is 2.85. The van der Waals surface area contributed by atoms with Gasteiger partial charge in [0.25, 0.3) is 0 Å². The Hall–Kier alpha value is -0.480. The van der Waals surface area contributed by atoms with E-state index in [1.807, 2.05) is 24.3 Å². The molecule has 0 radical (unpaired) electrons. The molecular weight excluding hydrogens is 230 g/mol. The predicted molar refractivity (Wildman–Crippen MR) is 74.4 cm³/mol. The van der Waals surface area contributed by atoms with E-state index in [1.165, 1.54) is 31.4 Å². The van der Waals surface area contributed by atoms with Crippen LogP contribution in [0.3, 0.4) is 0 Å². The zero-order valence-corrected chi connectivity index (χ0v) is 11.7. The van der Waals surface area contributed by atoms with E-state index in [1.54, 1.807) is 0 Å². The third-order valence-electron chi connectivity index (χ3n) is 3.59. The predicted octanol–water partition coefficient (Wildman–Crippen LogP) is 2.84. The van der Waals surface area contributed by atoms with E-state index >= 15 is 0 Å². The van der Waals surface area contributed by atoms with Crippen molar-refractivity contribution in [1.29, 1.82) is 0 Å². The van der Waals surface area contributed by atoms with Gasteiger partial charge in [-0.3, -0.25) is 0 Å². The minimum atomic E-state index is 0.524. The molecule has 4 heteroatoms. The van der Waals surface area contributed by atoms with Crippen LogP contribution in [0.15, 0.2) is 12.5 Å². The van der Waals surface area contributed by atoms with Crippen LogP contribution in [0.2, 0.25) is 0 Å². The van der Waals surface area contributed by atoms with Crippen molar-refractivity contribution in [2.24, 2.45) is 0 Å². The van der Waals surface area contributed by atoms with Crippen molar-refractivity contribution in [2.75, 3.05) is 12.8 Å². The number of hydrogen-bond donors (Lipinski definition) is 1. The van der Waals surface area contributed by atoms with Gasteiger partial charge in [0.1, 0.15) is 0 Å². The molecule has 96 valence electrons. The van der Waals surface area contributed by atoms with E-state index in [0.717, 1.165) is 18.3 Å². The normalized spacial score (nSPS) is 22.6. The van der Waals surface area contributed by atoms with Crippen LogP contribution in [0.25, 0.3) is 0 Å². The summed E-state index contributed by atoms with van der Waals surface area (Å²) in [7, 11) is 0. The van der Waals surface area contributed by atoms with E-state index < -0.39 is 0 Å². The maximum atomic E-state index is 4.32. The van der Waals surface area contributed by atoms with Gasteiger partial charge in [0.15, 0.2) is 0 Å². The summed E-state index contributed by atoms with van der Waals surface area (Å²) >= 11 is 1.94. The zero-order valence-electron chi connectivity index (χ0n) is 10.9. The molecule has 0 amide bonds. The van der Waals surface area contributed by atoms with Gasteiger partial charge >= 0.3 is 0 Å². The van der Waals surface area contributed by atoms with Crippen LogP contribution in [0.4, 0.5) is 0 Å². The number of aryl methyl sites for hydroxylation is 1. The minimum Gasteiger partial charge on any atom is -0.333 e. The molecular formula is C13H23N3S.